The highest BCUT2D eigenvalue weighted by molar-refractivity contribution is 5.97. The topological polar surface area (TPSA) is 77.2 Å². The first-order valence-corrected chi connectivity index (χ1v) is 5.82. The molecule has 0 saturated carbocycles. The van der Waals surface area contributed by atoms with Crippen LogP contribution < -0.4 is 11.1 Å². The van der Waals surface area contributed by atoms with Crippen LogP contribution in [0.3, 0.4) is 0 Å². The first-order valence-electron chi connectivity index (χ1n) is 5.82. The lowest BCUT2D eigenvalue weighted by Crippen LogP contribution is -2.16. The Balaban J connectivity index is 2.34. The van der Waals surface area contributed by atoms with E-state index < -0.39 is 5.91 Å². The Morgan fingerprint density at radius 2 is 2.35 bits per heavy atom. The zero-order valence-corrected chi connectivity index (χ0v) is 10.1. The fourth-order valence-corrected chi connectivity index (χ4v) is 1.37. The summed E-state index contributed by atoms with van der Waals surface area (Å²) < 4.78 is 5.35. The van der Waals surface area contributed by atoms with Crippen LogP contribution in [-0.4, -0.2) is 30.6 Å². The summed E-state index contributed by atoms with van der Waals surface area (Å²) >= 11 is 0. The Kier molecular flexibility index (Phi) is 6.03. The van der Waals surface area contributed by atoms with Gasteiger partial charge in [-0.25, -0.2) is 4.98 Å². The van der Waals surface area contributed by atoms with E-state index in [1.165, 1.54) is 0 Å². The second kappa shape index (κ2) is 7.62. The van der Waals surface area contributed by atoms with Crippen molar-refractivity contribution in [2.75, 3.05) is 25.1 Å². The van der Waals surface area contributed by atoms with Crippen molar-refractivity contribution in [2.24, 2.45) is 5.73 Å². The molecule has 0 aliphatic heterocycles. The lowest BCUT2D eigenvalue weighted by Gasteiger charge is -2.08. The summed E-state index contributed by atoms with van der Waals surface area (Å²) in [7, 11) is 0. The van der Waals surface area contributed by atoms with Crippen LogP contribution in [0.25, 0.3) is 0 Å². The number of nitrogens with zero attached hydrogens (tertiary/aromatic N) is 1. The number of carbonyl (C=O) groups is 1. The largest absolute Gasteiger partial charge is 0.381 e. The second-order valence-corrected chi connectivity index (χ2v) is 3.66. The molecule has 5 nitrogen and oxygen atoms in total. The molecule has 1 aromatic rings. The van der Waals surface area contributed by atoms with Crippen LogP contribution in [-0.2, 0) is 4.74 Å². The minimum Gasteiger partial charge on any atom is -0.381 e. The monoisotopic (exact) mass is 237 g/mol. The maximum absolute atomic E-state index is 11.1. The number of primary amides is 1. The maximum Gasteiger partial charge on any atom is 0.252 e. The molecule has 0 aliphatic rings. The summed E-state index contributed by atoms with van der Waals surface area (Å²) in [4.78, 5) is 15.2. The third kappa shape index (κ3) is 4.82. The van der Waals surface area contributed by atoms with Crippen LogP contribution in [0.1, 0.15) is 30.1 Å². The highest BCUT2D eigenvalue weighted by Crippen LogP contribution is 2.09. The summed E-state index contributed by atoms with van der Waals surface area (Å²) in [6.45, 7) is 4.28. The predicted octanol–water partition coefficient (Wildman–Crippen LogP) is 1.41. The van der Waals surface area contributed by atoms with Gasteiger partial charge in [-0.15, -0.1) is 0 Å². The summed E-state index contributed by atoms with van der Waals surface area (Å²) in [6.07, 6.45) is 3.52. The molecule has 17 heavy (non-hydrogen) atoms. The first kappa shape index (κ1) is 13.4. The van der Waals surface area contributed by atoms with Crippen LogP contribution >= 0.6 is 0 Å². The molecule has 3 N–H and O–H groups in total. The van der Waals surface area contributed by atoms with Crippen molar-refractivity contribution in [1.82, 2.24) is 4.98 Å². The van der Waals surface area contributed by atoms with Gasteiger partial charge in [-0.1, -0.05) is 6.92 Å². The number of nitrogens with one attached hydrogen (secondary N) is 1. The number of hydrogen-bond donors (Lipinski definition) is 2. The van der Waals surface area contributed by atoms with Gasteiger partial charge in [0.05, 0.1) is 5.56 Å². The molecular weight excluding hydrogens is 218 g/mol. The molecule has 0 spiro atoms. The van der Waals surface area contributed by atoms with E-state index in [1.807, 2.05) is 0 Å². The van der Waals surface area contributed by atoms with E-state index in [2.05, 4.69) is 17.2 Å². The molecule has 0 aliphatic carbocycles. The lowest BCUT2D eigenvalue weighted by atomic mass is 10.2. The molecule has 1 rings (SSSR count). The van der Waals surface area contributed by atoms with Gasteiger partial charge in [0.2, 0.25) is 0 Å². The highest BCUT2D eigenvalue weighted by atomic mass is 16.5. The standard InChI is InChI=1S/C12H19N3O2/c1-2-8-17-9-4-7-15-12-10(11(13)16)5-3-6-14-12/h3,5-6H,2,4,7-9H2,1H3,(H2,13,16)(H,14,15). The van der Waals surface area contributed by atoms with E-state index in [4.69, 9.17) is 10.5 Å². The smallest absolute Gasteiger partial charge is 0.252 e. The zero-order chi connectivity index (χ0) is 12.5. The normalized spacial score (nSPS) is 10.2. The summed E-state index contributed by atoms with van der Waals surface area (Å²) in [5.41, 5.74) is 5.66. The molecule has 0 radical (unpaired) electrons. The van der Waals surface area contributed by atoms with Crippen LogP contribution in [0.15, 0.2) is 18.3 Å². The van der Waals surface area contributed by atoms with Crippen LogP contribution in [0, 0.1) is 0 Å². The molecule has 0 aromatic carbocycles. The minimum atomic E-state index is -0.470. The van der Waals surface area contributed by atoms with Gasteiger partial charge in [0.1, 0.15) is 5.82 Å². The number of anilines is 1. The summed E-state index contributed by atoms with van der Waals surface area (Å²) in [6, 6.07) is 3.35. The molecule has 94 valence electrons. The van der Waals surface area contributed by atoms with Gasteiger partial charge in [0, 0.05) is 26.0 Å². The van der Waals surface area contributed by atoms with Gasteiger partial charge < -0.3 is 15.8 Å². The second-order valence-electron chi connectivity index (χ2n) is 3.66. The van der Waals surface area contributed by atoms with E-state index in [-0.39, 0.29) is 0 Å². The fraction of sp³-hybridized carbons (Fsp3) is 0.500. The van der Waals surface area contributed by atoms with Crippen molar-refractivity contribution in [3.05, 3.63) is 23.9 Å². The lowest BCUT2D eigenvalue weighted by molar-refractivity contribution is 0.100. The summed E-state index contributed by atoms with van der Waals surface area (Å²) in [5, 5.41) is 3.08. The predicted molar refractivity (Wildman–Crippen MR) is 67.0 cm³/mol. The van der Waals surface area contributed by atoms with E-state index >= 15 is 0 Å². The Morgan fingerprint density at radius 1 is 1.53 bits per heavy atom. The number of rotatable bonds is 8. The third-order valence-corrected chi connectivity index (χ3v) is 2.18. The van der Waals surface area contributed by atoms with Crippen LogP contribution in [0.2, 0.25) is 0 Å². The van der Waals surface area contributed by atoms with Crippen molar-refractivity contribution in [1.29, 1.82) is 0 Å². The molecule has 0 saturated heterocycles. The van der Waals surface area contributed by atoms with Crippen molar-refractivity contribution in [3.63, 3.8) is 0 Å². The molecular formula is C12H19N3O2. The Morgan fingerprint density at radius 3 is 3.06 bits per heavy atom. The number of nitrogens with two attached hydrogens (primary N) is 1. The van der Waals surface area contributed by atoms with E-state index in [1.54, 1.807) is 18.3 Å². The van der Waals surface area contributed by atoms with E-state index in [0.717, 1.165) is 19.4 Å². The SMILES string of the molecule is CCCOCCCNc1ncccc1C(N)=O. The number of amides is 1. The Bertz CT molecular complexity index is 355. The molecule has 1 heterocycles. The minimum absolute atomic E-state index is 0.418. The van der Waals surface area contributed by atoms with Gasteiger partial charge in [0.15, 0.2) is 0 Å². The number of carbonyl (C=O) groups excluding carboxylic acids is 1. The van der Waals surface area contributed by atoms with Crippen LogP contribution in [0.5, 0.6) is 0 Å². The molecule has 0 bridgehead atoms. The van der Waals surface area contributed by atoms with Gasteiger partial charge >= 0.3 is 0 Å². The third-order valence-electron chi connectivity index (χ3n) is 2.18. The average Bonchev–Trinajstić information content (AvgIpc) is 2.34. The average molecular weight is 237 g/mol. The highest BCUT2D eigenvalue weighted by Gasteiger charge is 2.07. The maximum atomic E-state index is 11.1. The van der Waals surface area contributed by atoms with Crippen molar-refractivity contribution < 1.29 is 9.53 Å². The number of hydrogen-bond acceptors (Lipinski definition) is 4. The van der Waals surface area contributed by atoms with Crippen molar-refractivity contribution >= 4 is 11.7 Å². The molecule has 1 aromatic heterocycles. The molecule has 1 amide bonds. The van der Waals surface area contributed by atoms with E-state index in [0.29, 0.717) is 24.5 Å². The summed E-state index contributed by atoms with van der Waals surface area (Å²) in [5.74, 6) is 0.0679. The first-order chi connectivity index (χ1) is 8.25. The molecule has 0 unspecified atom stereocenters. The van der Waals surface area contributed by atoms with Gasteiger partial charge in [-0.05, 0) is 25.0 Å². The van der Waals surface area contributed by atoms with Gasteiger partial charge in [-0.2, -0.15) is 0 Å². The fourth-order valence-electron chi connectivity index (χ4n) is 1.37. The van der Waals surface area contributed by atoms with Crippen molar-refractivity contribution in [2.45, 2.75) is 19.8 Å². The number of ether oxygens (including phenoxy) is 1. The van der Waals surface area contributed by atoms with Gasteiger partial charge in [-0.3, -0.25) is 4.79 Å². The molecule has 0 fully saturated rings. The molecule has 0 atom stereocenters. The Labute approximate surface area is 101 Å². The Hall–Kier alpha value is -1.62. The number of aromatic nitrogens is 1. The van der Waals surface area contributed by atoms with Gasteiger partial charge in [0.25, 0.3) is 5.91 Å². The van der Waals surface area contributed by atoms with E-state index in [9.17, 15) is 4.79 Å². The molecule has 5 heteroatoms. The van der Waals surface area contributed by atoms with Crippen molar-refractivity contribution in [3.8, 4) is 0 Å². The van der Waals surface area contributed by atoms with Crippen LogP contribution in [0.4, 0.5) is 5.82 Å². The number of pyridine rings is 1. The zero-order valence-electron chi connectivity index (χ0n) is 10.1. The quantitative estimate of drug-likeness (QED) is 0.670.